The van der Waals surface area contributed by atoms with Gasteiger partial charge in [0.05, 0.1) is 6.54 Å². The Kier molecular flexibility index (Phi) is 11.1. The Morgan fingerprint density at radius 3 is 2.18 bits per heavy atom. The maximum Gasteiger partial charge on any atom is 0.401 e. The molecule has 0 heterocycles. The maximum atomic E-state index is 12.2. The van der Waals surface area contributed by atoms with E-state index in [1.165, 1.54) is 24.8 Å². The Bertz CT molecular complexity index is 304. The minimum Gasteiger partial charge on any atom is -0.356 e. The summed E-state index contributed by atoms with van der Waals surface area (Å²) in [5.41, 5.74) is 0. The fourth-order valence-electron chi connectivity index (χ4n) is 2.05. The zero-order valence-corrected chi connectivity index (χ0v) is 14.3. The average molecular weight is 324 g/mol. The Morgan fingerprint density at radius 1 is 1.09 bits per heavy atom. The van der Waals surface area contributed by atoms with Gasteiger partial charge < -0.3 is 10.6 Å². The lowest BCUT2D eigenvalue weighted by atomic mass is 10.1. The SMILES string of the molecule is CN=C(NCCCCC(C)C)NCCCN(C)CC(F)(F)F. The van der Waals surface area contributed by atoms with E-state index in [-0.39, 0.29) is 0 Å². The van der Waals surface area contributed by atoms with Crippen LogP contribution in [0.2, 0.25) is 0 Å². The van der Waals surface area contributed by atoms with Crippen molar-refractivity contribution in [3.8, 4) is 0 Å². The van der Waals surface area contributed by atoms with E-state index in [0.717, 1.165) is 18.9 Å². The third kappa shape index (κ3) is 14.0. The molecule has 0 bridgehead atoms. The molecule has 0 aromatic rings. The third-order valence-corrected chi connectivity index (χ3v) is 3.18. The second-order valence-corrected chi connectivity index (χ2v) is 6.02. The Hall–Kier alpha value is -0.980. The summed E-state index contributed by atoms with van der Waals surface area (Å²) in [6.07, 6.45) is 0.00668. The monoisotopic (exact) mass is 324 g/mol. The van der Waals surface area contributed by atoms with E-state index in [1.807, 2.05) is 0 Å². The first-order chi connectivity index (χ1) is 10.2. The molecule has 2 N–H and O–H groups in total. The van der Waals surface area contributed by atoms with Crippen LogP contribution in [0.3, 0.4) is 0 Å². The summed E-state index contributed by atoms with van der Waals surface area (Å²) in [4.78, 5) is 5.38. The number of unbranched alkanes of at least 4 members (excludes halogenated alkanes) is 1. The maximum absolute atomic E-state index is 12.2. The first kappa shape index (κ1) is 21.0. The van der Waals surface area contributed by atoms with Crippen molar-refractivity contribution in [1.29, 1.82) is 0 Å². The number of hydrogen-bond donors (Lipinski definition) is 2. The molecule has 0 saturated carbocycles. The standard InChI is InChI=1S/C15H31F3N4/c1-13(2)8-5-6-9-20-14(19-3)21-10-7-11-22(4)12-15(16,17)18/h13H,5-12H2,1-4H3,(H2,19,20,21). The van der Waals surface area contributed by atoms with Gasteiger partial charge in [-0.3, -0.25) is 9.89 Å². The van der Waals surface area contributed by atoms with Crippen LogP contribution in [0.15, 0.2) is 4.99 Å². The van der Waals surface area contributed by atoms with Crippen LogP contribution in [0, 0.1) is 5.92 Å². The molecule has 0 rings (SSSR count). The minimum absolute atomic E-state index is 0.401. The van der Waals surface area contributed by atoms with Crippen LogP contribution in [-0.4, -0.2) is 57.3 Å². The first-order valence-electron chi connectivity index (χ1n) is 7.94. The van der Waals surface area contributed by atoms with Gasteiger partial charge in [0.25, 0.3) is 0 Å². The summed E-state index contributed by atoms with van der Waals surface area (Å²) in [5.74, 6) is 1.44. The summed E-state index contributed by atoms with van der Waals surface area (Å²) in [6.45, 7) is 5.43. The molecule has 0 aromatic heterocycles. The molecule has 0 aliphatic rings. The van der Waals surface area contributed by atoms with E-state index < -0.39 is 12.7 Å². The topological polar surface area (TPSA) is 39.7 Å². The second kappa shape index (κ2) is 11.6. The molecule has 0 amide bonds. The predicted molar refractivity (Wildman–Crippen MR) is 86.2 cm³/mol. The van der Waals surface area contributed by atoms with E-state index in [1.54, 1.807) is 7.05 Å². The van der Waals surface area contributed by atoms with Crippen LogP contribution in [0.1, 0.15) is 39.5 Å². The van der Waals surface area contributed by atoms with Crippen LogP contribution in [0.5, 0.6) is 0 Å². The summed E-state index contributed by atoms with van der Waals surface area (Å²) in [5, 5.41) is 6.33. The van der Waals surface area contributed by atoms with Gasteiger partial charge in [-0.15, -0.1) is 0 Å². The molecule has 0 atom stereocenters. The van der Waals surface area contributed by atoms with Gasteiger partial charge >= 0.3 is 6.18 Å². The Labute approximate surface area is 132 Å². The van der Waals surface area contributed by atoms with E-state index in [9.17, 15) is 13.2 Å². The highest BCUT2D eigenvalue weighted by molar-refractivity contribution is 5.79. The second-order valence-electron chi connectivity index (χ2n) is 6.02. The van der Waals surface area contributed by atoms with Gasteiger partial charge in [-0.1, -0.05) is 26.7 Å². The largest absolute Gasteiger partial charge is 0.401 e. The Balaban J connectivity index is 3.66. The van der Waals surface area contributed by atoms with Crippen molar-refractivity contribution in [3.05, 3.63) is 0 Å². The zero-order chi connectivity index (χ0) is 17.0. The summed E-state index contributed by atoms with van der Waals surface area (Å²) < 4.78 is 36.5. The molecule has 132 valence electrons. The normalized spacial score (nSPS) is 13.0. The van der Waals surface area contributed by atoms with Crippen molar-refractivity contribution in [2.45, 2.75) is 45.7 Å². The van der Waals surface area contributed by atoms with Crippen LogP contribution in [-0.2, 0) is 0 Å². The summed E-state index contributed by atoms with van der Waals surface area (Å²) >= 11 is 0. The van der Waals surface area contributed by atoms with Crippen LogP contribution in [0.25, 0.3) is 0 Å². The molecule has 0 unspecified atom stereocenters. The van der Waals surface area contributed by atoms with Gasteiger partial charge in [0.1, 0.15) is 0 Å². The number of hydrogen-bond acceptors (Lipinski definition) is 2. The van der Waals surface area contributed by atoms with E-state index in [0.29, 0.717) is 25.5 Å². The number of halogens is 3. The molecule has 0 spiro atoms. The molecule has 7 heteroatoms. The van der Waals surface area contributed by atoms with Crippen molar-refractivity contribution < 1.29 is 13.2 Å². The smallest absolute Gasteiger partial charge is 0.356 e. The van der Waals surface area contributed by atoms with Crippen LogP contribution >= 0.6 is 0 Å². The lowest BCUT2D eigenvalue weighted by Crippen LogP contribution is -2.39. The van der Waals surface area contributed by atoms with Crippen molar-refractivity contribution in [2.24, 2.45) is 10.9 Å². The van der Waals surface area contributed by atoms with E-state index >= 15 is 0 Å². The van der Waals surface area contributed by atoms with E-state index in [2.05, 4.69) is 29.5 Å². The molecule has 0 fully saturated rings. The lowest BCUT2D eigenvalue weighted by molar-refractivity contribution is -0.143. The highest BCUT2D eigenvalue weighted by atomic mass is 19.4. The van der Waals surface area contributed by atoms with Gasteiger partial charge in [0.2, 0.25) is 0 Å². The average Bonchev–Trinajstić information content (AvgIpc) is 2.38. The molecule has 0 aromatic carbocycles. The number of rotatable bonds is 10. The number of aliphatic imine (C=N–C) groups is 1. The molecule has 22 heavy (non-hydrogen) atoms. The molecule has 0 saturated heterocycles. The number of nitrogens with one attached hydrogen (secondary N) is 2. The molecule has 0 aliphatic heterocycles. The highest BCUT2D eigenvalue weighted by Crippen LogP contribution is 2.15. The number of nitrogens with zero attached hydrogens (tertiary/aromatic N) is 2. The van der Waals surface area contributed by atoms with Gasteiger partial charge in [-0.2, -0.15) is 13.2 Å². The molecular weight excluding hydrogens is 293 g/mol. The quantitative estimate of drug-likeness (QED) is 0.369. The first-order valence-corrected chi connectivity index (χ1v) is 7.94. The van der Waals surface area contributed by atoms with Crippen LogP contribution in [0.4, 0.5) is 13.2 Å². The summed E-state index contributed by atoms with van der Waals surface area (Å²) in [6, 6.07) is 0. The molecule has 0 radical (unpaired) electrons. The zero-order valence-electron chi connectivity index (χ0n) is 14.3. The highest BCUT2D eigenvalue weighted by Gasteiger charge is 2.28. The molecular formula is C15H31F3N4. The Morgan fingerprint density at radius 2 is 1.68 bits per heavy atom. The number of alkyl halides is 3. The van der Waals surface area contributed by atoms with Gasteiger partial charge in [0, 0.05) is 20.1 Å². The predicted octanol–water partition coefficient (Wildman–Crippen LogP) is 2.86. The minimum atomic E-state index is -4.13. The van der Waals surface area contributed by atoms with E-state index in [4.69, 9.17) is 0 Å². The van der Waals surface area contributed by atoms with Crippen molar-refractivity contribution in [3.63, 3.8) is 0 Å². The summed E-state index contributed by atoms with van der Waals surface area (Å²) in [7, 11) is 3.18. The van der Waals surface area contributed by atoms with Crippen molar-refractivity contribution >= 4 is 5.96 Å². The molecule has 0 aliphatic carbocycles. The molecule has 4 nitrogen and oxygen atoms in total. The third-order valence-electron chi connectivity index (χ3n) is 3.18. The van der Waals surface area contributed by atoms with Gasteiger partial charge in [-0.25, -0.2) is 0 Å². The fraction of sp³-hybridized carbons (Fsp3) is 0.933. The van der Waals surface area contributed by atoms with Crippen LogP contribution < -0.4 is 10.6 Å². The lowest BCUT2D eigenvalue weighted by Gasteiger charge is -2.19. The number of guanidine groups is 1. The van der Waals surface area contributed by atoms with Crippen molar-refractivity contribution in [1.82, 2.24) is 15.5 Å². The van der Waals surface area contributed by atoms with Gasteiger partial charge in [0.15, 0.2) is 5.96 Å². The van der Waals surface area contributed by atoms with Crippen molar-refractivity contribution in [2.75, 3.05) is 40.3 Å². The van der Waals surface area contributed by atoms with Gasteiger partial charge in [-0.05, 0) is 32.4 Å². The fourth-order valence-corrected chi connectivity index (χ4v) is 2.05.